The van der Waals surface area contributed by atoms with Gasteiger partial charge in [-0.2, -0.15) is 0 Å². The van der Waals surface area contributed by atoms with Crippen LogP contribution in [0, 0.1) is 0 Å². The fourth-order valence-electron chi connectivity index (χ4n) is 2.02. The second-order valence-corrected chi connectivity index (χ2v) is 4.93. The first-order valence-electron chi connectivity index (χ1n) is 6.98. The van der Waals surface area contributed by atoms with Gasteiger partial charge in [-0.1, -0.05) is 6.07 Å². The van der Waals surface area contributed by atoms with Gasteiger partial charge in [0.2, 0.25) is 0 Å². The monoisotopic (exact) mass is 277 g/mol. The molecular formula is C15H23N3O2. The molecule has 0 heterocycles. The van der Waals surface area contributed by atoms with Crippen LogP contribution in [0.2, 0.25) is 0 Å². The number of aliphatic imine (C=N–C) groups is 1. The highest BCUT2D eigenvalue weighted by molar-refractivity contribution is 5.78. The predicted molar refractivity (Wildman–Crippen MR) is 80.3 cm³/mol. The third-order valence-electron chi connectivity index (χ3n) is 3.41. The molecular weight excluding hydrogens is 254 g/mol. The van der Waals surface area contributed by atoms with Crippen molar-refractivity contribution in [3.05, 3.63) is 23.8 Å². The molecule has 1 saturated carbocycles. The Hall–Kier alpha value is -1.91. The largest absolute Gasteiger partial charge is 0.493 e. The van der Waals surface area contributed by atoms with Crippen LogP contribution < -0.4 is 15.2 Å². The molecule has 1 fully saturated rings. The highest BCUT2D eigenvalue weighted by atomic mass is 16.5. The number of nitrogens with zero attached hydrogens (tertiary/aromatic N) is 2. The minimum absolute atomic E-state index is 0.549. The van der Waals surface area contributed by atoms with Gasteiger partial charge in [0, 0.05) is 13.1 Å². The minimum Gasteiger partial charge on any atom is -0.493 e. The Morgan fingerprint density at radius 1 is 1.40 bits per heavy atom. The first kappa shape index (κ1) is 14.5. The molecule has 0 spiro atoms. The van der Waals surface area contributed by atoms with Crippen LogP contribution >= 0.6 is 0 Å². The lowest BCUT2D eigenvalue weighted by molar-refractivity contribution is 0.310. The number of ether oxygens (including phenoxy) is 2. The van der Waals surface area contributed by atoms with E-state index in [1.807, 2.05) is 37.1 Å². The topological polar surface area (TPSA) is 60.1 Å². The molecule has 0 bridgehead atoms. The average Bonchev–Trinajstić information content (AvgIpc) is 3.29. The summed E-state index contributed by atoms with van der Waals surface area (Å²) in [6.07, 6.45) is 2.42. The molecule has 5 heteroatoms. The van der Waals surface area contributed by atoms with E-state index in [9.17, 15) is 0 Å². The maximum atomic E-state index is 5.98. The van der Waals surface area contributed by atoms with E-state index in [0.29, 0.717) is 25.2 Å². The van der Waals surface area contributed by atoms with Gasteiger partial charge in [0.05, 0.1) is 20.3 Å². The number of guanidine groups is 1. The third kappa shape index (κ3) is 3.56. The number of nitrogens with two attached hydrogens (primary N) is 1. The smallest absolute Gasteiger partial charge is 0.191 e. The lowest BCUT2D eigenvalue weighted by atomic mass is 10.2. The van der Waals surface area contributed by atoms with Crippen LogP contribution in [0.5, 0.6) is 11.5 Å². The van der Waals surface area contributed by atoms with E-state index in [2.05, 4.69) is 4.99 Å². The average molecular weight is 277 g/mol. The highest BCUT2D eigenvalue weighted by Gasteiger charge is 2.27. The Morgan fingerprint density at radius 2 is 2.15 bits per heavy atom. The summed E-state index contributed by atoms with van der Waals surface area (Å²) in [5.41, 5.74) is 7.04. The van der Waals surface area contributed by atoms with Gasteiger partial charge in [0.15, 0.2) is 17.5 Å². The Morgan fingerprint density at radius 3 is 2.75 bits per heavy atom. The van der Waals surface area contributed by atoms with Crippen LogP contribution in [-0.4, -0.2) is 37.7 Å². The molecule has 1 aliphatic rings. The van der Waals surface area contributed by atoms with Crippen molar-refractivity contribution < 1.29 is 9.47 Å². The van der Waals surface area contributed by atoms with Crippen molar-refractivity contribution in [3.63, 3.8) is 0 Å². The number of benzene rings is 1. The van der Waals surface area contributed by atoms with Gasteiger partial charge in [0.1, 0.15) is 0 Å². The lowest BCUT2D eigenvalue weighted by Crippen LogP contribution is -2.35. The molecule has 0 radical (unpaired) electrons. The van der Waals surface area contributed by atoms with Gasteiger partial charge in [-0.15, -0.1) is 0 Å². The van der Waals surface area contributed by atoms with Crippen LogP contribution in [0.3, 0.4) is 0 Å². The molecule has 0 atom stereocenters. The van der Waals surface area contributed by atoms with Gasteiger partial charge in [0.25, 0.3) is 0 Å². The van der Waals surface area contributed by atoms with E-state index in [1.165, 1.54) is 12.8 Å². The third-order valence-corrected chi connectivity index (χ3v) is 3.41. The molecule has 0 amide bonds. The van der Waals surface area contributed by atoms with E-state index >= 15 is 0 Å². The molecule has 2 rings (SSSR count). The predicted octanol–water partition coefficient (Wildman–Crippen LogP) is 2.00. The van der Waals surface area contributed by atoms with Crippen molar-refractivity contribution in [2.24, 2.45) is 10.7 Å². The second kappa shape index (κ2) is 6.50. The molecule has 1 aliphatic carbocycles. The summed E-state index contributed by atoms with van der Waals surface area (Å²) in [4.78, 5) is 6.48. The summed E-state index contributed by atoms with van der Waals surface area (Å²) in [7, 11) is 3.63. The van der Waals surface area contributed by atoms with Crippen molar-refractivity contribution in [2.45, 2.75) is 32.4 Å². The fraction of sp³-hybridized carbons (Fsp3) is 0.533. The highest BCUT2D eigenvalue weighted by Crippen LogP contribution is 2.28. The zero-order valence-electron chi connectivity index (χ0n) is 12.4. The summed E-state index contributed by atoms with van der Waals surface area (Å²) in [6.45, 7) is 3.11. The summed E-state index contributed by atoms with van der Waals surface area (Å²) < 4.78 is 10.8. The van der Waals surface area contributed by atoms with Crippen LogP contribution in [0.25, 0.3) is 0 Å². The van der Waals surface area contributed by atoms with E-state index in [0.717, 1.165) is 17.1 Å². The lowest BCUT2D eigenvalue weighted by Gasteiger charge is -2.17. The number of rotatable bonds is 6. The molecule has 110 valence electrons. The number of hydrogen-bond donors (Lipinski definition) is 1. The molecule has 2 N–H and O–H groups in total. The second-order valence-electron chi connectivity index (χ2n) is 4.93. The summed E-state index contributed by atoms with van der Waals surface area (Å²) in [5, 5.41) is 0. The van der Waals surface area contributed by atoms with Gasteiger partial charge < -0.3 is 20.1 Å². The molecule has 0 aliphatic heterocycles. The van der Waals surface area contributed by atoms with Crippen LogP contribution in [0.15, 0.2) is 23.2 Å². The Bertz CT molecular complexity index is 484. The van der Waals surface area contributed by atoms with Crippen molar-refractivity contribution >= 4 is 5.96 Å². The molecule has 0 saturated heterocycles. The van der Waals surface area contributed by atoms with Gasteiger partial charge in [-0.05, 0) is 37.5 Å². The number of methoxy groups -OCH3 is 1. The first-order chi connectivity index (χ1) is 9.65. The molecule has 0 aromatic heterocycles. The zero-order valence-corrected chi connectivity index (χ0v) is 12.4. The van der Waals surface area contributed by atoms with Crippen LogP contribution in [0.4, 0.5) is 0 Å². The molecule has 1 aromatic rings. The van der Waals surface area contributed by atoms with Gasteiger partial charge in [-0.3, -0.25) is 0 Å². The zero-order chi connectivity index (χ0) is 14.5. The quantitative estimate of drug-likeness (QED) is 0.638. The normalized spacial score (nSPS) is 15.1. The fourth-order valence-corrected chi connectivity index (χ4v) is 2.02. The molecule has 5 nitrogen and oxygen atoms in total. The van der Waals surface area contributed by atoms with Crippen molar-refractivity contribution in [3.8, 4) is 11.5 Å². The Balaban J connectivity index is 2.05. The van der Waals surface area contributed by atoms with Gasteiger partial charge >= 0.3 is 0 Å². The maximum absolute atomic E-state index is 5.98. The van der Waals surface area contributed by atoms with Crippen molar-refractivity contribution in [1.82, 2.24) is 4.90 Å². The molecule has 0 unspecified atom stereocenters. The van der Waals surface area contributed by atoms with E-state index in [-0.39, 0.29) is 0 Å². The minimum atomic E-state index is 0.549. The Kier molecular flexibility index (Phi) is 4.71. The van der Waals surface area contributed by atoms with Gasteiger partial charge in [-0.25, -0.2) is 4.99 Å². The van der Waals surface area contributed by atoms with E-state index in [1.54, 1.807) is 7.11 Å². The summed E-state index contributed by atoms with van der Waals surface area (Å²) >= 11 is 0. The van der Waals surface area contributed by atoms with Crippen LogP contribution in [0.1, 0.15) is 25.3 Å². The first-order valence-corrected chi connectivity index (χ1v) is 6.98. The Labute approximate surface area is 120 Å². The summed E-state index contributed by atoms with van der Waals surface area (Å²) in [6, 6.07) is 6.41. The van der Waals surface area contributed by atoms with E-state index < -0.39 is 0 Å². The standard InChI is InChI=1S/C15H23N3O2/c1-4-20-14-9-11(5-8-13(14)19-3)10-17-15(16)18(2)12-6-7-12/h5,8-9,12H,4,6-7,10H2,1-3H3,(H2,16,17). The SMILES string of the molecule is CCOc1cc(CN=C(N)N(C)C2CC2)ccc1OC. The van der Waals surface area contributed by atoms with Crippen molar-refractivity contribution in [2.75, 3.05) is 20.8 Å². The molecule has 1 aromatic carbocycles. The molecule has 20 heavy (non-hydrogen) atoms. The van der Waals surface area contributed by atoms with Crippen molar-refractivity contribution in [1.29, 1.82) is 0 Å². The van der Waals surface area contributed by atoms with Crippen LogP contribution in [-0.2, 0) is 6.54 Å². The summed E-state index contributed by atoms with van der Waals surface area (Å²) in [5.74, 6) is 2.08. The van der Waals surface area contributed by atoms with E-state index in [4.69, 9.17) is 15.2 Å². The maximum Gasteiger partial charge on any atom is 0.191 e. The number of hydrogen-bond acceptors (Lipinski definition) is 3.